The number of hydrogen-bond donors (Lipinski definition) is 2. The Kier molecular flexibility index (Phi) is 9.44. The molecule has 0 aliphatic heterocycles. The van der Waals surface area contributed by atoms with Gasteiger partial charge in [-0.1, -0.05) is 50.2 Å². The van der Waals surface area contributed by atoms with E-state index >= 15 is 0 Å². The van der Waals surface area contributed by atoms with Crippen molar-refractivity contribution in [3.8, 4) is 5.75 Å². The summed E-state index contributed by atoms with van der Waals surface area (Å²) >= 11 is 0. The van der Waals surface area contributed by atoms with Gasteiger partial charge < -0.3 is 19.7 Å². The van der Waals surface area contributed by atoms with E-state index in [2.05, 4.69) is 29.4 Å². The van der Waals surface area contributed by atoms with E-state index in [9.17, 15) is 23.1 Å². The van der Waals surface area contributed by atoms with Gasteiger partial charge in [-0.2, -0.15) is 13.2 Å². The number of carbonyl (C=O) groups excluding carboxylic acids is 1. The predicted octanol–water partition coefficient (Wildman–Crippen LogP) is 7.82. The Morgan fingerprint density at radius 2 is 1.84 bits per heavy atom. The number of halogens is 3. The molecule has 2 aliphatic rings. The Hall–Kier alpha value is -3.40. The third kappa shape index (κ3) is 7.96. The second-order valence-electron chi connectivity index (χ2n) is 12.7. The van der Waals surface area contributed by atoms with Gasteiger partial charge in [-0.3, -0.25) is 4.79 Å². The molecule has 2 N–H and O–H groups in total. The maximum absolute atomic E-state index is 14.4. The molecule has 0 spiro atoms. The van der Waals surface area contributed by atoms with E-state index in [0.29, 0.717) is 23.2 Å². The smallest absolute Gasteiger partial charge is 0.414 e. The van der Waals surface area contributed by atoms with E-state index in [1.54, 1.807) is 42.5 Å². The highest BCUT2D eigenvalue weighted by Gasteiger charge is 2.45. The highest BCUT2D eigenvalue weighted by molar-refractivity contribution is 5.92. The Bertz CT molecular complexity index is 1380. The fourth-order valence-corrected chi connectivity index (χ4v) is 6.16. The van der Waals surface area contributed by atoms with Crippen LogP contribution in [-0.4, -0.2) is 38.1 Å². The molecule has 7 nitrogen and oxygen atoms in total. The Morgan fingerprint density at radius 1 is 1.12 bits per heavy atom. The summed E-state index contributed by atoms with van der Waals surface area (Å²) in [6.45, 7) is 6.02. The molecule has 0 bridgehead atoms. The number of amides is 1. The molecule has 10 heteroatoms. The van der Waals surface area contributed by atoms with E-state index in [1.165, 1.54) is 6.07 Å². The first kappa shape index (κ1) is 31.0. The number of benzene rings is 2. The molecule has 0 radical (unpaired) electrons. The number of aromatic nitrogens is 3. The Balaban J connectivity index is 1.41. The molecule has 1 heterocycles. The molecule has 2 aliphatic carbocycles. The van der Waals surface area contributed by atoms with E-state index in [0.717, 1.165) is 43.5 Å². The number of anilines is 1. The van der Waals surface area contributed by atoms with Gasteiger partial charge in [-0.05, 0) is 80.5 Å². The molecular weight excluding hydrogens is 557 g/mol. The Labute approximate surface area is 250 Å². The highest BCUT2D eigenvalue weighted by Crippen LogP contribution is 2.48. The van der Waals surface area contributed by atoms with Gasteiger partial charge in [0, 0.05) is 24.3 Å². The molecule has 2 fully saturated rings. The third-order valence-electron chi connectivity index (χ3n) is 8.45. The first-order valence-electron chi connectivity index (χ1n) is 15.2. The van der Waals surface area contributed by atoms with Crippen LogP contribution in [0.5, 0.6) is 5.75 Å². The zero-order valence-electron chi connectivity index (χ0n) is 25.0. The van der Waals surface area contributed by atoms with Crippen molar-refractivity contribution in [1.82, 2.24) is 14.8 Å². The zero-order valence-corrected chi connectivity index (χ0v) is 25.0. The molecule has 5 rings (SSSR count). The van der Waals surface area contributed by atoms with Crippen LogP contribution in [-0.2, 0) is 16.1 Å². The van der Waals surface area contributed by atoms with E-state index in [4.69, 9.17) is 4.74 Å². The standard InChI is InChI=1S/C33H41F3N4O3/c1-20(2)13-23-15-24(16-23)31-38-39-32(40(31)26-10-11-26)25(18-30(42)37-27-12-9-21(3)14-28(27)41)17-29(33(34,35)36)43-19-22-7-5-4-6-8-22/h4-9,12,14,20,23-26,29,41H,10-11,13,15-19H2,1-3H3,(H,37,42)/t23?,24?,25-,29?/m0/s1. The minimum atomic E-state index is -4.65. The number of aryl methyl sites for hydroxylation is 1. The van der Waals surface area contributed by atoms with Crippen LogP contribution in [0.1, 0.15) is 99.4 Å². The van der Waals surface area contributed by atoms with Gasteiger partial charge in [0.1, 0.15) is 17.4 Å². The highest BCUT2D eigenvalue weighted by atomic mass is 19.4. The maximum atomic E-state index is 14.4. The number of phenolic OH excluding ortho intramolecular Hbond substituents is 1. The Morgan fingerprint density at radius 3 is 2.47 bits per heavy atom. The monoisotopic (exact) mass is 598 g/mol. The number of ether oxygens (including phenoxy) is 1. The molecular formula is C33H41F3N4O3. The van der Waals surface area contributed by atoms with Crippen molar-refractivity contribution < 1.29 is 27.8 Å². The lowest BCUT2D eigenvalue weighted by Crippen LogP contribution is -2.34. The lowest BCUT2D eigenvalue weighted by Gasteiger charge is -2.36. The number of alkyl halides is 3. The summed E-state index contributed by atoms with van der Waals surface area (Å²) in [5, 5.41) is 22.0. The zero-order chi connectivity index (χ0) is 30.7. The largest absolute Gasteiger partial charge is 0.506 e. The second kappa shape index (κ2) is 13.1. The average molecular weight is 599 g/mol. The van der Waals surface area contributed by atoms with Gasteiger partial charge >= 0.3 is 6.18 Å². The molecule has 232 valence electrons. The molecule has 1 unspecified atom stereocenters. The SMILES string of the molecule is Cc1ccc(NC(=O)C[C@H](CC(OCc2ccccc2)C(F)(F)F)c2nnc(C3CC(CC(C)C)C3)n2C2CC2)c(O)c1. The average Bonchev–Trinajstić information content (AvgIpc) is 3.67. The summed E-state index contributed by atoms with van der Waals surface area (Å²) in [6, 6.07) is 13.7. The molecule has 2 atom stereocenters. The summed E-state index contributed by atoms with van der Waals surface area (Å²) < 4.78 is 50.7. The van der Waals surface area contributed by atoms with Crippen molar-refractivity contribution >= 4 is 11.6 Å². The number of carbonyl (C=O) groups is 1. The topological polar surface area (TPSA) is 89.3 Å². The minimum absolute atomic E-state index is 0.103. The van der Waals surface area contributed by atoms with Crippen LogP contribution in [0.2, 0.25) is 0 Å². The van der Waals surface area contributed by atoms with Crippen LogP contribution in [0.3, 0.4) is 0 Å². The lowest BCUT2D eigenvalue weighted by molar-refractivity contribution is -0.227. The first-order chi connectivity index (χ1) is 20.5. The maximum Gasteiger partial charge on any atom is 0.414 e. The third-order valence-corrected chi connectivity index (χ3v) is 8.45. The van der Waals surface area contributed by atoms with Crippen LogP contribution >= 0.6 is 0 Å². The molecule has 1 amide bonds. The van der Waals surface area contributed by atoms with Gasteiger partial charge in [0.05, 0.1) is 12.3 Å². The van der Waals surface area contributed by atoms with Crippen molar-refractivity contribution in [1.29, 1.82) is 0 Å². The second-order valence-corrected chi connectivity index (χ2v) is 12.7. The van der Waals surface area contributed by atoms with Gasteiger partial charge in [0.25, 0.3) is 0 Å². The number of aromatic hydroxyl groups is 1. The lowest BCUT2D eigenvalue weighted by atomic mass is 9.71. The molecule has 43 heavy (non-hydrogen) atoms. The van der Waals surface area contributed by atoms with Crippen molar-refractivity contribution in [3.63, 3.8) is 0 Å². The molecule has 0 saturated heterocycles. The number of nitrogens with one attached hydrogen (secondary N) is 1. The number of hydrogen-bond acceptors (Lipinski definition) is 5. The molecule has 1 aromatic heterocycles. The summed E-state index contributed by atoms with van der Waals surface area (Å²) in [6.07, 6.45) is -2.56. The summed E-state index contributed by atoms with van der Waals surface area (Å²) in [5.74, 6) is 1.16. The van der Waals surface area contributed by atoms with Crippen LogP contribution in [0, 0.1) is 18.8 Å². The van der Waals surface area contributed by atoms with E-state index in [1.807, 2.05) is 11.5 Å². The summed E-state index contributed by atoms with van der Waals surface area (Å²) in [4.78, 5) is 13.3. The van der Waals surface area contributed by atoms with Gasteiger partial charge in [0.2, 0.25) is 5.91 Å². The first-order valence-corrected chi connectivity index (χ1v) is 15.2. The quantitative estimate of drug-likeness (QED) is 0.196. The van der Waals surface area contributed by atoms with Crippen molar-refractivity contribution in [2.75, 3.05) is 5.32 Å². The number of nitrogens with zero attached hydrogens (tertiary/aromatic N) is 3. The van der Waals surface area contributed by atoms with Gasteiger partial charge in [0.15, 0.2) is 6.10 Å². The predicted molar refractivity (Wildman–Crippen MR) is 158 cm³/mol. The van der Waals surface area contributed by atoms with Crippen molar-refractivity contribution in [2.24, 2.45) is 11.8 Å². The normalized spacial score (nSPS) is 20.1. The van der Waals surface area contributed by atoms with Crippen LogP contribution < -0.4 is 5.32 Å². The van der Waals surface area contributed by atoms with E-state index < -0.39 is 30.5 Å². The molecule has 2 aromatic carbocycles. The van der Waals surface area contributed by atoms with Crippen molar-refractivity contribution in [2.45, 2.75) is 102 Å². The minimum Gasteiger partial charge on any atom is -0.506 e. The van der Waals surface area contributed by atoms with Crippen molar-refractivity contribution in [3.05, 3.63) is 71.3 Å². The van der Waals surface area contributed by atoms with Crippen LogP contribution in [0.25, 0.3) is 0 Å². The van der Waals surface area contributed by atoms with Crippen LogP contribution in [0.4, 0.5) is 18.9 Å². The fraction of sp³-hybridized carbons (Fsp3) is 0.545. The van der Waals surface area contributed by atoms with Crippen LogP contribution in [0.15, 0.2) is 48.5 Å². The van der Waals surface area contributed by atoms with Gasteiger partial charge in [-0.25, -0.2) is 0 Å². The summed E-state index contributed by atoms with van der Waals surface area (Å²) in [7, 11) is 0. The number of rotatable bonds is 13. The molecule has 2 saturated carbocycles. The van der Waals surface area contributed by atoms with E-state index in [-0.39, 0.29) is 36.4 Å². The number of phenols is 1. The molecule has 3 aromatic rings. The summed E-state index contributed by atoms with van der Waals surface area (Å²) in [5.41, 5.74) is 1.65. The van der Waals surface area contributed by atoms with Gasteiger partial charge in [-0.15, -0.1) is 10.2 Å². The fourth-order valence-electron chi connectivity index (χ4n) is 6.16.